The van der Waals surface area contributed by atoms with Gasteiger partial charge in [0.15, 0.2) is 0 Å². The predicted octanol–water partition coefficient (Wildman–Crippen LogP) is 1.35. The van der Waals surface area contributed by atoms with Crippen molar-refractivity contribution in [1.29, 1.82) is 0 Å². The highest BCUT2D eigenvalue weighted by molar-refractivity contribution is 5.37. The van der Waals surface area contributed by atoms with Crippen molar-refractivity contribution < 1.29 is 0 Å². The number of hydrogen-bond donors (Lipinski definition) is 2. The van der Waals surface area contributed by atoms with Gasteiger partial charge in [-0.3, -0.25) is 4.68 Å². The predicted molar refractivity (Wildman–Crippen MR) is 59.2 cm³/mol. The summed E-state index contributed by atoms with van der Waals surface area (Å²) in [6.07, 6.45) is 5.90. The Morgan fingerprint density at radius 1 is 1.57 bits per heavy atom. The van der Waals surface area contributed by atoms with Gasteiger partial charge in [-0.1, -0.05) is 0 Å². The van der Waals surface area contributed by atoms with Crippen LogP contribution in [0, 0.1) is 0 Å². The van der Waals surface area contributed by atoms with Crippen LogP contribution in [0.5, 0.6) is 0 Å². The van der Waals surface area contributed by atoms with Gasteiger partial charge in [0, 0.05) is 25.3 Å². The Bertz CT molecular complexity index is 272. The minimum Gasteiger partial charge on any atom is -0.383 e. The molecule has 80 valence electrons. The van der Waals surface area contributed by atoms with Crippen molar-refractivity contribution in [3.05, 3.63) is 12.4 Å². The molecule has 0 radical (unpaired) electrons. The molecule has 1 rings (SSSR count). The minimum atomic E-state index is -0.0589. The topological polar surface area (TPSA) is 55.9 Å². The van der Waals surface area contributed by atoms with Gasteiger partial charge < -0.3 is 11.1 Å². The Morgan fingerprint density at radius 3 is 2.79 bits per heavy atom. The Hall–Kier alpha value is -1.03. The molecule has 14 heavy (non-hydrogen) atoms. The highest BCUT2D eigenvalue weighted by Gasteiger charge is 2.08. The molecule has 4 nitrogen and oxygen atoms in total. The molecule has 3 N–H and O–H groups in total. The molecule has 0 aliphatic carbocycles. The Kier molecular flexibility index (Phi) is 3.52. The van der Waals surface area contributed by atoms with Crippen LogP contribution in [0.2, 0.25) is 0 Å². The second kappa shape index (κ2) is 4.46. The molecular formula is C10H20N4. The van der Waals surface area contributed by atoms with Gasteiger partial charge in [0.2, 0.25) is 0 Å². The van der Waals surface area contributed by atoms with Gasteiger partial charge in [-0.2, -0.15) is 5.10 Å². The van der Waals surface area contributed by atoms with Gasteiger partial charge in [-0.15, -0.1) is 0 Å². The zero-order chi connectivity index (χ0) is 10.6. The van der Waals surface area contributed by atoms with Crippen LogP contribution in [0.1, 0.15) is 26.7 Å². The third kappa shape index (κ3) is 4.28. The van der Waals surface area contributed by atoms with Gasteiger partial charge in [0.05, 0.1) is 11.9 Å². The highest BCUT2D eigenvalue weighted by atomic mass is 15.3. The standard InChI is InChI=1S/C10H20N4/c1-10(2,11)5-4-6-12-9-7-13-14(3)8-9/h7-8,12H,4-6,11H2,1-3H3. The van der Waals surface area contributed by atoms with Crippen LogP contribution in [0.25, 0.3) is 0 Å². The molecule has 0 atom stereocenters. The molecule has 1 aromatic rings. The quantitative estimate of drug-likeness (QED) is 0.699. The van der Waals surface area contributed by atoms with E-state index >= 15 is 0 Å². The molecule has 0 aliphatic rings. The van der Waals surface area contributed by atoms with Gasteiger partial charge >= 0.3 is 0 Å². The summed E-state index contributed by atoms with van der Waals surface area (Å²) in [6.45, 7) is 5.06. The number of anilines is 1. The minimum absolute atomic E-state index is 0.0589. The summed E-state index contributed by atoms with van der Waals surface area (Å²) in [5.41, 5.74) is 6.89. The average Bonchev–Trinajstić information content (AvgIpc) is 2.44. The van der Waals surface area contributed by atoms with Crippen molar-refractivity contribution >= 4 is 5.69 Å². The molecule has 1 heterocycles. The summed E-state index contributed by atoms with van der Waals surface area (Å²) in [7, 11) is 1.91. The van der Waals surface area contributed by atoms with E-state index in [9.17, 15) is 0 Å². The molecule has 4 heteroatoms. The van der Waals surface area contributed by atoms with Crippen molar-refractivity contribution in [2.24, 2.45) is 12.8 Å². The van der Waals surface area contributed by atoms with E-state index in [1.807, 2.05) is 19.4 Å². The molecule has 1 aromatic heterocycles. The number of nitrogens with one attached hydrogen (secondary N) is 1. The maximum absolute atomic E-state index is 5.87. The fraction of sp³-hybridized carbons (Fsp3) is 0.700. The van der Waals surface area contributed by atoms with E-state index in [2.05, 4.69) is 24.3 Å². The molecule has 0 aromatic carbocycles. The third-order valence-corrected chi connectivity index (χ3v) is 2.03. The molecule has 0 amide bonds. The highest BCUT2D eigenvalue weighted by Crippen LogP contribution is 2.08. The largest absolute Gasteiger partial charge is 0.383 e. The Labute approximate surface area is 85.5 Å². The first-order valence-electron chi connectivity index (χ1n) is 4.99. The summed E-state index contributed by atoms with van der Waals surface area (Å²) in [6, 6.07) is 0. The van der Waals surface area contributed by atoms with Crippen molar-refractivity contribution in [2.45, 2.75) is 32.2 Å². The Morgan fingerprint density at radius 2 is 2.29 bits per heavy atom. The summed E-state index contributed by atoms with van der Waals surface area (Å²) < 4.78 is 1.79. The van der Waals surface area contributed by atoms with Crippen molar-refractivity contribution in [3.63, 3.8) is 0 Å². The number of hydrogen-bond acceptors (Lipinski definition) is 3. The van der Waals surface area contributed by atoms with E-state index in [1.54, 1.807) is 4.68 Å². The van der Waals surface area contributed by atoms with Crippen LogP contribution in [0.4, 0.5) is 5.69 Å². The lowest BCUT2D eigenvalue weighted by Crippen LogP contribution is -2.32. The van der Waals surface area contributed by atoms with E-state index in [0.29, 0.717) is 0 Å². The van der Waals surface area contributed by atoms with E-state index in [1.165, 1.54) is 0 Å². The van der Waals surface area contributed by atoms with E-state index in [-0.39, 0.29) is 5.54 Å². The number of aromatic nitrogens is 2. The van der Waals surface area contributed by atoms with Crippen LogP contribution in [0.3, 0.4) is 0 Å². The lowest BCUT2D eigenvalue weighted by molar-refractivity contribution is 0.465. The fourth-order valence-electron chi connectivity index (χ4n) is 1.29. The van der Waals surface area contributed by atoms with E-state index in [0.717, 1.165) is 25.1 Å². The molecule has 0 unspecified atom stereocenters. The smallest absolute Gasteiger partial charge is 0.0726 e. The van der Waals surface area contributed by atoms with Crippen molar-refractivity contribution in [2.75, 3.05) is 11.9 Å². The maximum Gasteiger partial charge on any atom is 0.0726 e. The Balaban J connectivity index is 2.16. The zero-order valence-electron chi connectivity index (χ0n) is 9.25. The lowest BCUT2D eigenvalue weighted by Gasteiger charge is -2.17. The average molecular weight is 196 g/mol. The first-order valence-corrected chi connectivity index (χ1v) is 4.99. The molecule has 0 fully saturated rings. The van der Waals surface area contributed by atoms with Crippen LogP contribution in [-0.4, -0.2) is 21.9 Å². The second-order valence-corrected chi connectivity index (χ2v) is 4.42. The van der Waals surface area contributed by atoms with Gasteiger partial charge in [0.25, 0.3) is 0 Å². The second-order valence-electron chi connectivity index (χ2n) is 4.42. The monoisotopic (exact) mass is 196 g/mol. The van der Waals surface area contributed by atoms with Crippen LogP contribution in [0.15, 0.2) is 12.4 Å². The summed E-state index contributed by atoms with van der Waals surface area (Å²) in [5.74, 6) is 0. The maximum atomic E-state index is 5.87. The number of aryl methyl sites for hydroxylation is 1. The van der Waals surface area contributed by atoms with Crippen LogP contribution in [-0.2, 0) is 7.05 Å². The number of rotatable bonds is 5. The SMILES string of the molecule is Cn1cc(NCCCC(C)(C)N)cn1. The summed E-state index contributed by atoms with van der Waals surface area (Å²) >= 11 is 0. The fourth-order valence-corrected chi connectivity index (χ4v) is 1.29. The first-order chi connectivity index (χ1) is 6.47. The summed E-state index contributed by atoms with van der Waals surface area (Å²) in [5, 5.41) is 7.37. The third-order valence-electron chi connectivity index (χ3n) is 2.03. The van der Waals surface area contributed by atoms with Crippen molar-refractivity contribution in [3.8, 4) is 0 Å². The van der Waals surface area contributed by atoms with E-state index in [4.69, 9.17) is 5.73 Å². The molecule has 0 saturated heterocycles. The van der Waals surface area contributed by atoms with Crippen LogP contribution < -0.4 is 11.1 Å². The first kappa shape index (κ1) is 11.0. The molecule has 0 aliphatic heterocycles. The van der Waals surface area contributed by atoms with Crippen molar-refractivity contribution in [1.82, 2.24) is 9.78 Å². The van der Waals surface area contributed by atoms with Gasteiger partial charge in [0.1, 0.15) is 0 Å². The molecular weight excluding hydrogens is 176 g/mol. The van der Waals surface area contributed by atoms with Crippen LogP contribution >= 0.6 is 0 Å². The van der Waals surface area contributed by atoms with E-state index < -0.39 is 0 Å². The van der Waals surface area contributed by atoms with Gasteiger partial charge in [-0.25, -0.2) is 0 Å². The number of nitrogens with zero attached hydrogens (tertiary/aromatic N) is 2. The normalized spacial score (nSPS) is 11.7. The van der Waals surface area contributed by atoms with Gasteiger partial charge in [-0.05, 0) is 26.7 Å². The summed E-state index contributed by atoms with van der Waals surface area (Å²) in [4.78, 5) is 0. The molecule has 0 saturated carbocycles. The molecule has 0 spiro atoms. The molecule has 0 bridgehead atoms. The zero-order valence-corrected chi connectivity index (χ0v) is 9.25. The lowest BCUT2D eigenvalue weighted by atomic mass is 10.0. The number of nitrogens with two attached hydrogens (primary N) is 1.